The van der Waals surface area contributed by atoms with Gasteiger partial charge in [0.2, 0.25) is 0 Å². The van der Waals surface area contributed by atoms with Crippen LogP contribution in [0.3, 0.4) is 0 Å². The van der Waals surface area contributed by atoms with Crippen LogP contribution in [0, 0.1) is 6.92 Å². The Morgan fingerprint density at radius 2 is 2.23 bits per heavy atom. The van der Waals surface area contributed by atoms with E-state index in [1.165, 1.54) is 10.4 Å². The van der Waals surface area contributed by atoms with Gasteiger partial charge in [0.05, 0.1) is 17.0 Å². The van der Waals surface area contributed by atoms with Crippen LogP contribution in [0.5, 0.6) is 0 Å². The summed E-state index contributed by atoms with van der Waals surface area (Å²) >= 11 is 1.71. The highest BCUT2D eigenvalue weighted by Gasteiger charge is 2.40. The fourth-order valence-electron chi connectivity index (χ4n) is 2.46. The number of aryl methyl sites for hydroxylation is 1. The molecule has 2 rings (SSSR count). The Morgan fingerprint density at radius 1 is 1.50 bits per heavy atom. The number of nitrogens with one attached hydrogen (secondary N) is 1. The summed E-state index contributed by atoms with van der Waals surface area (Å²) in [5, 5.41) is 5.36. The molecular formula is C15H25N3O2S2. The monoisotopic (exact) mass is 343 g/mol. The average Bonchev–Trinajstić information content (AvgIpc) is 2.83. The van der Waals surface area contributed by atoms with Gasteiger partial charge in [0.15, 0.2) is 15.8 Å². The third-order valence-electron chi connectivity index (χ3n) is 4.02. The molecule has 124 valence electrons. The van der Waals surface area contributed by atoms with E-state index in [1.54, 1.807) is 25.2 Å². The Hall–Kier alpha value is -1.08. The topological polar surface area (TPSA) is 61.8 Å². The van der Waals surface area contributed by atoms with E-state index in [-0.39, 0.29) is 5.75 Å². The van der Waals surface area contributed by atoms with Crippen LogP contribution in [-0.2, 0) is 16.4 Å². The lowest BCUT2D eigenvalue weighted by Gasteiger charge is -2.39. The summed E-state index contributed by atoms with van der Waals surface area (Å²) in [6, 6.07) is 2.10. The van der Waals surface area contributed by atoms with Gasteiger partial charge in [-0.3, -0.25) is 0 Å². The highest BCUT2D eigenvalue weighted by atomic mass is 32.2. The first-order valence-corrected chi connectivity index (χ1v) is 10.1. The number of nitrogens with zero attached hydrogens (tertiary/aromatic N) is 2. The lowest BCUT2D eigenvalue weighted by molar-refractivity contribution is 0.353. The van der Waals surface area contributed by atoms with Gasteiger partial charge in [0.25, 0.3) is 0 Å². The minimum atomic E-state index is -3.03. The van der Waals surface area contributed by atoms with E-state index < -0.39 is 14.6 Å². The molecule has 1 fully saturated rings. The normalized spacial score (nSPS) is 20.9. The molecule has 2 heterocycles. The molecular weight excluding hydrogens is 318 g/mol. The maximum Gasteiger partial charge on any atom is 0.194 e. The lowest BCUT2D eigenvalue weighted by Crippen LogP contribution is -2.57. The molecule has 1 aromatic rings. The van der Waals surface area contributed by atoms with Gasteiger partial charge in [-0.2, -0.15) is 0 Å². The van der Waals surface area contributed by atoms with Crippen LogP contribution in [0.4, 0.5) is 0 Å². The molecule has 0 unspecified atom stereocenters. The Labute approximate surface area is 137 Å². The van der Waals surface area contributed by atoms with Gasteiger partial charge >= 0.3 is 0 Å². The molecule has 0 bridgehead atoms. The van der Waals surface area contributed by atoms with Crippen LogP contribution in [0.15, 0.2) is 16.4 Å². The van der Waals surface area contributed by atoms with E-state index in [2.05, 4.69) is 28.6 Å². The third-order valence-corrected chi connectivity index (χ3v) is 7.56. The largest absolute Gasteiger partial charge is 0.357 e. The number of rotatable bonds is 3. The molecule has 0 amide bonds. The fourth-order valence-corrected chi connectivity index (χ4v) is 4.66. The summed E-state index contributed by atoms with van der Waals surface area (Å²) < 4.78 is 23.5. The molecule has 1 saturated heterocycles. The summed E-state index contributed by atoms with van der Waals surface area (Å²) in [5.41, 5.74) is 1.26. The summed E-state index contributed by atoms with van der Waals surface area (Å²) in [6.45, 7) is 10.1. The van der Waals surface area contributed by atoms with Gasteiger partial charge < -0.3 is 10.2 Å². The van der Waals surface area contributed by atoms with Gasteiger partial charge in [-0.15, -0.1) is 11.3 Å². The van der Waals surface area contributed by atoms with Crippen molar-refractivity contribution in [2.45, 2.75) is 39.0 Å². The Balaban J connectivity index is 2.16. The van der Waals surface area contributed by atoms with Crippen molar-refractivity contribution in [3.63, 3.8) is 0 Å². The lowest BCUT2D eigenvalue weighted by atomic mass is 10.2. The molecule has 0 radical (unpaired) electrons. The van der Waals surface area contributed by atoms with E-state index >= 15 is 0 Å². The van der Waals surface area contributed by atoms with Crippen molar-refractivity contribution in [2.24, 2.45) is 4.99 Å². The third kappa shape index (κ3) is 3.63. The van der Waals surface area contributed by atoms with E-state index in [0.717, 1.165) is 12.5 Å². The predicted octanol–water partition coefficient (Wildman–Crippen LogP) is 2.03. The minimum Gasteiger partial charge on any atom is -0.357 e. The zero-order valence-electron chi connectivity index (χ0n) is 13.7. The molecule has 0 aromatic carbocycles. The highest BCUT2D eigenvalue weighted by molar-refractivity contribution is 7.92. The van der Waals surface area contributed by atoms with Gasteiger partial charge in [-0.05, 0) is 44.7 Å². The summed E-state index contributed by atoms with van der Waals surface area (Å²) in [7, 11) is -3.03. The molecule has 0 aliphatic carbocycles. The van der Waals surface area contributed by atoms with Gasteiger partial charge in [-0.1, -0.05) is 0 Å². The van der Waals surface area contributed by atoms with Crippen LogP contribution >= 0.6 is 11.3 Å². The van der Waals surface area contributed by atoms with Crippen molar-refractivity contribution in [1.29, 1.82) is 0 Å². The first-order valence-electron chi connectivity index (χ1n) is 7.55. The van der Waals surface area contributed by atoms with E-state index in [9.17, 15) is 8.42 Å². The molecule has 0 atom stereocenters. The zero-order valence-corrected chi connectivity index (χ0v) is 15.4. The maximum atomic E-state index is 12.1. The number of hydrogen-bond donors (Lipinski definition) is 1. The van der Waals surface area contributed by atoms with Crippen LogP contribution in [0.2, 0.25) is 0 Å². The van der Waals surface area contributed by atoms with Gasteiger partial charge in [0.1, 0.15) is 0 Å². The Morgan fingerprint density at radius 3 is 2.77 bits per heavy atom. The molecule has 22 heavy (non-hydrogen) atoms. The SMILES string of the molecule is CCNC(=NCc1sccc1C)N1CCS(=O)(=O)C(C)(C)C1. The average molecular weight is 344 g/mol. The molecule has 1 aliphatic rings. The quantitative estimate of drug-likeness (QED) is 0.674. The number of guanidine groups is 1. The molecule has 5 nitrogen and oxygen atoms in total. The van der Waals surface area contributed by atoms with Crippen LogP contribution in [-0.4, -0.2) is 49.4 Å². The minimum absolute atomic E-state index is 0.183. The summed E-state index contributed by atoms with van der Waals surface area (Å²) in [4.78, 5) is 8.01. The second kappa shape index (κ2) is 6.58. The second-order valence-electron chi connectivity index (χ2n) is 6.20. The van der Waals surface area contributed by atoms with Crippen molar-refractivity contribution >= 4 is 27.1 Å². The Bertz CT molecular complexity index is 647. The molecule has 0 spiro atoms. The summed E-state index contributed by atoms with van der Waals surface area (Å²) in [5.74, 6) is 0.987. The molecule has 0 saturated carbocycles. The number of thiophene rings is 1. The molecule has 1 aliphatic heterocycles. The molecule has 1 N–H and O–H groups in total. The smallest absolute Gasteiger partial charge is 0.194 e. The van der Waals surface area contributed by atoms with Crippen molar-refractivity contribution in [2.75, 3.05) is 25.4 Å². The van der Waals surface area contributed by atoms with Gasteiger partial charge in [-0.25, -0.2) is 13.4 Å². The standard InChI is InChI=1S/C15H25N3O2S2/c1-5-16-14(17-10-13-12(2)6-8-21-13)18-7-9-22(19,20)15(3,4)11-18/h6,8H,5,7,9-11H2,1-4H3,(H,16,17). The van der Waals surface area contributed by atoms with Crippen molar-refractivity contribution in [3.8, 4) is 0 Å². The highest BCUT2D eigenvalue weighted by Crippen LogP contribution is 2.24. The van der Waals surface area contributed by atoms with E-state index in [0.29, 0.717) is 19.6 Å². The fraction of sp³-hybridized carbons (Fsp3) is 0.667. The first kappa shape index (κ1) is 17.3. The number of aliphatic imine (C=N–C) groups is 1. The maximum absolute atomic E-state index is 12.1. The first-order chi connectivity index (χ1) is 10.3. The summed E-state index contributed by atoms with van der Waals surface area (Å²) in [6.07, 6.45) is 0. The second-order valence-corrected chi connectivity index (χ2v) is 9.94. The van der Waals surface area contributed by atoms with Gasteiger partial charge in [0, 0.05) is 24.5 Å². The van der Waals surface area contributed by atoms with E-state index in [4.69, 9.17) is 4.99 Å². The molecule has 7 heteroatoms. The van der Waals surface area contributed by atoms with Crippen LogP contribution in [0.25, 0.3) is 0 Å². The van der Waals surface area contributed by atoms with Crippen molar-refractivity contribution in [3.05, 3.63) is 21.9 Å². The van der Waals surface area contributed by atoms with E-state index in [1.807, 2.05) is 6.92 Å². The predicted molar refractivity (Wildman–Crippen MR) is 93.3 cm³/mol. The zero-order chi connectivity index (χ0) is 16.4. The van der Waals surface area contributed by atoms with Crippen molar-refractivity contribution < 1.29 is 8.42 Å². The number of sulfone groups is 1. The number of hydrogen-bond acceptors (Lipinski definition) is 4. The van der Waals surface area contributed by atoms with Crippen LogP contribution < -0.4 is 5.32 Å². The van der Waals surface area contributed by atoms with Crippen LogP contribution in [0.1, 0.15) is 31.2 Å². The molecule has 1 aromatic heterocycles. The Kier molecular flexibility index (Phi) is 5.17. The van der Waals surface area contributed by atoms with Crippen molar-refractivity contribution in [1.82, 2.24) is 10.2 Å².